The lowest BCUT2D eigenvalue weighted by Gasteiger charge is -2.35. The average Bonchev–Trinajstić information content (AvgIpc) is 2.77. The Labute approximate surface area is 178 Å². The fourth-order valence-electron chi connectivity index (χ4n) is 3.07. The first kappa shape index (κ1) is 20.3. The highest BCUT2D eigenvalue weighted by atomic mass is 35.5. The van der Waals surface area contributed by atoms with Crippen molar-refractivity contribution in [3.8, 4) is 0 Å². The number of halogens is 2. The number of anilines is 3. The Balaban J connectivity index is 1.40. The maximum Gasteiger partial charge on any atom is 0.262 e. The molecule has 1 saturated heterocycles. The smallest absolute Gasteiger partial charge is 0.262 e. The summed E-state index contributed by atoms with van der Waals surface area (Å²) in [5, 5.41) is -0.269. The normalized spacial score (nSPS) is 14.6. The Bertz CT molecular complexity index is 1120. The third-order valence-corrected chi connectivity index (χ3v) is 6.30. The lowest BCUT2D eigenvalue weighted by atomic mass is 10.3. The van der Waals surface area contributed by atoms with Crippen LogP contribution in [0.1, 0.15) is 0 Å². The molecule has 0 unspecified atom stereocenters. The number of pyridine rings is 1. The maximum atomic E-state index is 13.3. The molecule has 3 aromatic rings. The molecule has 0 saturated carbocycles. The quantitative estimate of drug-likeness (QED) is 0.641. The van der Waals surface area contributed by atoms with Crippen molar-refractivity contribution in [3.05, 3.63) is 65.8 Å². The van der Waals surface area contributed by atoms with Gasteiger partial charge in [-0.2, -0.15) is 0 Å². The summed E-state index contributed by atoms with van der Waals surface area (Å²) in [5.74, 6) is 0.763. The van der Waals surface area contributed by atoms with Gasteiger partial charge in [-0.05, 0) is 30.3 Å². The van der Waals surface area contributed by atoms with Crippen molar-refractivity contribution >= 4 is 39.1 Å². The Morgan fingerprint density at radius 1 is 0.967 bits per heavy atom. The van der Waals surface area contributed by atoms with Crippen LogP contribution in [0.5, 0.6) is 0 Å². The molecule has 30 heavy (non-hydrogen) atoms. The number of hydrogen-bond acceptors (Lipinski definition) is 7. The minimum absolute atomic E-state index is 0.149. The summed E-state index contributed by atoms with van der Waals surface area (Å²) in [6, 6.07) is 9.00. The molecule has 1 aromatic carbocycles. The predicted molar refractivity (Wildman–Crippen MR) is 113 cm³/mol. The first-order valence-corrected chi connectivity index (χ1v) is 11.0. The minimum Gasteiger partial charge on any atom is -0.353 e. The van der Waals surface area contributed by atoms with Crippen molar-refractivity contribution in [1.29, 1.82) is 0 Å². The van der Waals surface area contributed by atoms with Crippen LogP contribution in [0, 0.1) is 5.82 Å². The van der Waals surface area contributed by atoms with Crippen molar-refractivity contribution in [2.24, 2.45) is 0 Å². The summed E-state index contributed by atoms with van der Waals surface area (Å²) in [5.41, 5.74) is 0.200. The molecule has 1 aliphatic heterocycles. The van der Waals surface area contributed by atoms with Gasteiger partial charge in [-0.1, -0.05) is 17.7 Å². The number of benzene rings is 1. The van der Waals surface area contributed by atoms with E-state index < -0.39 is 15.8 Å². The molecule has 0 aliphatic carbocycles. The highest BCUT2D eigenvalue weighted by Gasteiger charge is 2.21. The largest absolute Gasteiger partial charge is 0.353 e. The monoisotopic (exact) mass is 448 g/mol. The number of hydrogen-bond donors (Lipinski definition) is 1. The fourth-order valence-corrected chi connectivity index (χ4v) is 4.37. The van der Waals surface area contributed by atoms with Gasteiger partial charge in [0.2, 0.25) is 5.95 Å². The van der Waals surface area contributed by atoms with Crippen LogP contribution in [0.4, 0.5) is 21.8 Å². The molecule has 4 rings (SSSR count). The molecule has 1 N–H and O–H groups in total. The summed E-state index contributed by atoms with van der Waals surface area (Å²) in [4.78, 5) is 17.0. The van der Waals surface area contributed by atoms with Crippen molar-refractivity contribution < 1.29 is 12.8 Å². The van der Waals surface area contributed by atoms with Gasteiger partial charge in [-0.3, -0.25) is 4.72 Å². The van der Waals surface area contributed by atoms with E-state index >= 15 is 0 Å². The van der Waals surface area contributed by atoms with Gasteiger partial charge in [0.15, 0.2) is 0 Å². The zero-order chi connectivity index (χ0) is 21.1. The first-order valence-electron chi connectivity index (χ1n) is 9.13. The number of nitrogens with one attached hydrogen (secondary N) is 1. The van der Waals surface area contributed by atoms with Crippen LogP contribution >= 0.6 is 11.6 Å². The second-order valence-electron chi connectivity index (χ2n) is 6.62. The van der Waals surface area contributed by atoms with Crippen molar-refractivity contribution in [2.75, 3.05) is 40.7 Å². The van der Waals surface area contributed by atoms with Crippen molar-refractivity contribution in [3.63, 3.8) is 0 Å². The standard InChI is InChI=1S/C19H18ClFN6O2S/c20-16-11-15(4-5-17(16)21)30(28,29)25-14-12-23-19(24-13-14)27-9-7-26(8-10-27)18-3-1-2-6-22-18/h1-6,11-13,25H,7-10H2. The van der Waals surface area contributed by atoms with Crippen LogP contribution in [0.25, 0.3) is 0 Å². The Morgan fingerprint density at radius 3 is 2.30 bits per heavy atom. The molecule has 0 atom stereocenters. The topological polar surface area (TPSA) is 91.3 Å². The summed E-state index contributed by atoms with van der Waals surface area (Å²) < 4.78 is 40.6. The summed E-state index contributed by atoms with van der Waals surface area (Å²) in [7, 11) is -3.94. The van der Waals surface area contributed by atoms with Crippen molar-refractivity contribution in [1.82, 2.24) is 15.0 Å². The first-order chi connectivity index (χ1) is 14.4. The molecule has 1 aliphatic rings. The van der Waals surface area contributed by atoms with Gasteiger partial charge in [0.1, 0.15) is 11.6 Å². The molecule has 0 spiro atoms. The number of sulfonamides is 1. The van der Waals surface area contributed by atoms with Gasteiger partial charge in [-0.25, -0.2) is 27.8 Å². The van der Waals surface area contributed by atoms with E-state index in [0.29, 0.717) is 5.95 Å². The number of aromatic nitrogens is 3. The maximum absolute atomic E-state index is 13.3. The fraction of sp³-hybridized carbons (Fsp3) is 0.211. The molecular weight excluding hydrogens is 431 g/mol. The molecule has 0 radical (unpaired) electrons. The highest BCUT2D eigenvalue weighted by molar-refractivity contribution is 7.92. The third kappa shape index (κ3) is 4.44. The van der Waals surface area contributed by atoms with Gasteiger partial charge >= 0.3 is 0 Å². The van der Waals surface area contributed by atoms with Crippen LogP contribution in [-0.2, 0) is 10.0 Å². The summed E-state index contributed by atoms with van der Waals surface area (Å²) >= 11 is 5.67. The Morgan fingerprint density at radius 2 is 1.67 bits per heavy atom. The summed E-state index contributed by atoms with van der Waals surface area (Å²) in [6.45, 7) is 2.99. The zero-order valence-corrected chi connectivity index (χ0v) is 17.3. The van der Waals surface area contributed by atoms with E-state index in [4.69, 9.17) is 11.6 Å². The van der Waals surface area contributed by atoms with Crippen LogP contribution in [-0.4, -0.2) is 49.5 Å². The lowest BCUT2D eigenvalue weighted by molar-refractivity contribution is 0.599. The molecular formula is C19H18ClFN6O2S. The van der Waals surface area contributed by atoms with Gasteiger partial charge in [0, 0.05) is 32.4 Å². The Kier molecular flexibility index (Phi) is 5.69. The van der Waals surface area contributed by atoms with E-state index in [1.165, 1.54) is 12.4 Å². The van der Waals surface area contributed by atoms with E-state index in [1.54, 1.807) is 6.20 Å². The van der Waals surface area contributed by atoms with E-state index in [-0.39, 0.29) is 15.6 Å². The van der Waals surface area contributed by atoms with Crippen LogP contribution in [0.3, 0.4) is 0 Å². The van der Waals surface area contributed by atoms with Gasteiger partial charge in [0.05, 0.1) is 28.0 Å². The number of nitrogens with zero attached hydrogens (tertiary/aromatic N) is 5. The van der Waals surface area contributed by atoms with E-state index in [1.807, 2.05) is 23.1 Å². The molecule has 0 bridgehead atoms. The minimum atomic E-state index is -3.94. The summed E-state index contributed by atoms with van der Waals surface area (Å²) in [6.07, 6.45) is 4.57. The van der Waals surface area contributed by atoms with E-state index in [0.717, 1.165) is 50.2 Å². The molecule has 3 heterocycles. The van der Waals surface area contributed by atoms with Gasteiger partial charge in [-0.15, -0.1) is 0 Å². The van der Waals surface area contributed by atoms with Gasteiger partial charge < -0.3 is 9.80 Å². The van der Waals surface area contributed by atoms with Crippen LogP contribution in [0.2, 0.25) is 5.02 Å². The molecule has 8 nitrogen and oxygen atoms in total. The molecule has 11 heteroatoms. The zero-order valence-electron chi connectivity index (χ0n) is 15.7. The third-order valence-electron chi connectivity index (χ3n) is 4.63. The average molecular weight is 449 g/mol. The van der Waals surface area contributed by atoms with Gasteiger partial charge in [0.25, 0.3) is 10.0 Å². The second-order valence-corrected chi connectivity index (χ2v) is 8.70. The predicted octanol–water partition coefficient (Wildman–Crippen LogP) is 2.79. The number of piperazine rings is 1. The highest BCUT2D eigenvalue weighted by Crippen LogP contribution is 2.22. The second kappa shape index (κ2) is 8.41. The SMILES string of the molecule is O=S(=O)(Nc1cnc(N2CCN(c3ccccn3)CC2)nc1)c1ccc(F)c(Cl)c1. The van der Waals surface area contributed by atoms with Crippen molar-refractivity contribution in [2.45, 2.75) is 4.90 Å². The van der Waals surface area contributed by atoms with Crippen LogP contribution < -0.4 is 14.5 Å². The molecule has 2 aromatic heterocycles. The molecule has 0 amide bonds. The van der Waals surface area contributed by atoms with E-state index in [9.17, 15) is 12.8 Å². The lowest BCUT2D eigenvalue weighted by Crippen LogP contribution is -2.47. The number of rotatable bonds is 5. The molecule has 1 fully saturated rings. The Hall–Kier alpha value is -2.98. The van der Waals surface area contributed by atoms with E-state index in [2.05, 4.69) is 24.6 Å². The van der Waals surface area contributed by atoms with Crippen LogP contribution in [0.15, 0.2) is 59.9 Å². The molecule has 156 valence electrons.